The van der Waals surface area contributed by atoms with Gasteiger partial charge in [0.1, 0.15) is 12.1 Å². The quantitative estimate of drug-likeness (QED) is 0.751. The van der Waals surface area contributed by atoms with E-state index in [2.05, 4.69) is 6.92 Å². The van der Waals surface area contributed by atoms with E-state index in [1.54, 1.807) is 0 Å². The molecule has 3 heteroatoms. The molecule has 0 aromatic carbocycles. The van der Waals surface area contributed by atoms with E-state index >= 15 is 0 Å². The van der Waals surface area contributed by atoms with Crippen LogP contribution in [0.5, 0.6) is 0 Å². The normalized spacial score (nSPS) is 27.8. The Morgan fingerprint density at radius 3 is 2.69 bits per heavy atom. The number of hydrogen-bond acceptors (Lipinski definition) is 3. The van der Waals surface area contributed by atoms with Gasteiger partial charge in [0.05, 0.1) is 0 Å². The first-order valence-corrected chi connectivity index (χ1v) is 6.50. The van der Waals surface area contributed by atoms with Gasteiger partial charge in [0.15, 0.2) is 0 Å². The van der Waals surface area contributed by atoms with Crippen LogP contribution in [0.1, 0.15) is 52.9 Å². The van der Waals surface area contributed by atoms with Crippen LogP contribution in [0.2, 0.25) is 0 Å². The molecule has 0 heterocycles. The smallest absolute Gasteiger partial charge is 0.323 e. The lowest BCUT2D eigenvalue weighted by Crippen LogP contribution is -2.39. The first-order chi connectivity index (χ1) is 7.54. The van der Waals surface area contributed by atoms with Crippen molar-refractivity contribution in [3.8, 4) is 0 Å². The van der Waals surface area contributed by atoms with Crippen molar-refractivity contribution in [2.24, 2.45) is 17.6 Å². The van der Waals surface area contributed by atoms with Crippen LogP contribution in [0.15, 0.2) is 0 Å². The molecule has 1 aliphatic carbocycles. The summed E-state index contributed by atoms with van der Waals surface area (Å²) >= 11 is 0. The maximum Gasteiger partial charge on any atom is 0.323 e. The van der Waals surface area contributed by atoms with Crippen molar-refractivity contribution in [1.29, 1.82) is 0 Å². The number of carbonyl (C=O) groups is 1. The minimum Gasteiger partial charge on any atom is -0.461 e. The molecule has 1 aliphatic rings. The standard InChI is InChI=1S/C13H25NO2/c1-4-10-6-5-7-11(8-10)16-13(15)12(14)9(2)3/h9-12H,4-8,14H2,1-3H3. The van der Waals surface area contributed by atoms with Crippen LogP contribution in [0.3, 0.4) is 0 Å². The van der Waals surface area contributed by atoms with Gasteiger partial charge in [-0.2, -0.15) is 0 Å². The van der Waals surface area contributed by atoms with Gasteiger partial charge in [-0.25, -0.2) is 0 Å². The number of ether oxygens (including phenoxy) is 1. The number of esters is 1. The fraction of sp³-hybridized carbons (Fsp3) is 0.923. The average Bonchev–Trinajstić information content (AvgIpc) is 2.28. The van der Waals surface area contributed by atoms with Gasteiger partial charge >= 0.3 is 5.97 Å². The predicted octanol–water partition coefficient (Wildman–Crippen LogP) is 2.48. The first kappa shape index (κ1) is 13.5. The number of hydrogen-bond donors (Lipinski definition) is 1. The van der Waals surface area contributed by atoms with Gasteiger partial charge in [-0.15, -0.1) is 0 Å². The Balaban J connectivity index is 2.38. The molecule has 0 aromatic heterocycles. The Labute approximate surface area is 98.7 Å². The molecule has 0 bridgehead atoms. The zero-order chi connectivity index (χ0) is 12.1. The highest BCUT2D eigenvalue weighted by Crippen LogP contribution is 2.28. The zero-order valence-corrected chi connectivity index (χ0v) is 10.7. The molecule has 94 valence electrons. The summed E-state index contributed by atoms with van der Waals surface area (Å²) < 4.78 is 5.48. The van der Waals surface area contributed by atoms with Gasteiger partial charge in [0.25, 0.3) is 0 Å². The second kappa shape index (κ2) is 6.24. The topological polar surface area (TPSA) is 52.3 Å². The summed E-state index contributed by atoms with van der Waals surface area (Å²) in [6.45, 7) is 6.10. The van der Waals surface area contributed by atoms with Gasteiger partial charge in [-0.3, -0.25) is 4.79 Å². The van der Waals surface area contributed by atoms with Crippen LogP contribution >= 0.6 is 0 Å². The van der Waals surface area contributed by atoms with Crippen LogP contribution in [-0.4, -0.2) is 18.1 Å². The second-order valence-electron chi connectivity index (χ2n) is 5.27. The summed E-state index contributed by atoms with van der Waals surface area (Å²) in [5.41, 5.74) is 5.77. The summed E-state index contributed by atoms with van der Waals surface area (Å²) in [6, 6.07) is -0.470. The summed E-state index contributed by atoms with van der Waals surface area (Å²) in [4.78, 5) is 11.7. The molecule has 3 nitrogen and oxygen atoms in total. The monoisotopic (exact) mass is 227 g/mol. The zero-order valence-electron chi connectivity index (χ0n) is 10.7. The van der Waals surface area contributed by atoms with E-state index in [1.165, 1.54) is 19.3 Å². The van der Waals surface area contributed by atoms with Crippen LogP contribution < -0.4 is 5.73 Å². The van der Waals surface area contributed by atoms with Gasteiger partial charge in [-0.1, -0.05) is 33.6 Å². The Morgan fingerprint density at radius 1 is 1.44 bits per heavy atom. The van der Waals surface area contributed by atoms with E-state index in [0.29, 0.717) is 0 Å². The Hall–Kier alpha value is -0.570. The van der Waals surface area contributed by atoms with Crippen LogP contribution in [-0.2, 0) is 9.53 Å². The van der Waals surface area contributed by atoms with E-state index < -0.39 is 6.04 Å². The molecule has 1 rings (SSSR count). The third-order valence-corrected chi connectivity index (χ3v) is 3.59. The highest BCUT2D eigenvalue weighted by atomic mass is 16.5. The molecule has 1 fully saturated rings. The fourth-order valence-corrected chi connectivity index (χ4v) is 2.23. The van der Waals surface area contributed by atoms with Crippen LogP contribution in [0.25, 0.3) is 0 Å². The minimum atomic E-state index is -0.470. The highest BCUT2D eigenvalue weighted by Gasteiger charge is 2.26. The first-order valence-electron chi connectivity index (χ1n) is 6.50. The number of nitrogens with two attached hydrogens (primary N) is 1. The molecule has 0 saturated heterocycles. The van der Waals surface area contributed by atoms with E-state index in [-0.39, 0.29) is 18.0 Å². The third kappa shape index (κ3) is 3.78. The lowest BCUT2D eigenvalue weighted by Gasteiger charge is -2.29. The molecule has 0 radical (unpaired) electrons. The van der Waals surface area contributed by atoms with Crippen molar-refractivity contribution >= 4 is 5.97 Å². The molecule has 0 aromatic rings. The van der Waals surface area contributed by atoms with Crippen molar-refractivity contribution in [2.75, 3.05) is 0 Å². The molecule has 3 unspecified atom stereocenters. The van der Waals surface area contributed by atoms with Gasteiger partial charge in [0.2, 0.25) is 0 Å². The Kier molecular flexibility index (Phi) is 5.26. The molecule has 0 aliphatic heterocycles. The number of rotatable bonds is 4. The van der Waals surface area contributed by atoms with Gasteiger partial charge in [0, 0.05) is 0 Å². The molecule has 3 atom stereocenters. The highest BCUT2D eigenvalue weighted by molar-refractivity contribution is 5.75. The average molecular weight is 227 g/mol. The summed E-state index contributed by atoms with van der Waals surface area (Å²) in [7, 11) is 0. The lowest BCUT2D eigenvalue weighted by atomic mass is 9.85. The summed E-state index contributed by atoms with van der Waals surface area (Å²) in [5, 5.41) is 0. The van der Waals surface area contributed by atoms with E-state index in [0.717, 1.165) is 18.8 Å². The SMILES string of the molecule is CCC1CCCC(OC(=O)C(N)C(C)C)C1. The molecular formula is C13H25NO2. The van der Waals surface area contributed by atoms with Crippen molar-refractivity contribution in [3.63, 3.8) is 0 Å². The summed E-state index contributed by atoms with van der Waals surface area (Å²) in [6.07, 6.45) is 5.77. The molecule has 0 amide bonds. The Bertz CT molecular complexity index is 228. The van der Waals surface area contributed by atoms with Crippen molar-refractivity contribution < 1.29 is 9.53 Å². The third-order valence-electron chi connectivity index (χ3n) is 3.59. The van der Waals surface area contributed by atoms with Crippen molar-refractivity contribution in [3.05, 3.63) is 0 Å². The van der Waals surface area contributed by atoms with Crippen LogP contribution in [0.4, 0.5) is 0 Å². The Morgan fingerprint density at radius 2 is 2.12 bits per heavy atom. The maximum atomic E-state index is 11.7. The van der Waals surface area contributed by atoms with E-state index in [1.807, 2.05) is 13.8 Å². The maximum absolute atomic E-state index is 11.7. The predicted molar refractivity (Wildman–Crippen MR) is 64.9 cm³/mol. The summed E-state index contributed by atoms with van der Waals surface area (Å²) in [5.74, 6) is 0.650. The van der Waals surface area contributed by atoms with E-state index in [4.69, 9.17) is 10.5 Å². The van der Waals surface area contributed by atoms with Crippen molar-refractivity contribution in [2.45, 2.75) is 65.0 Å². The molecule has 16 heavy (non-hydrogen) atoms. The van der Waals surface area contributed by atoms with Gasteiger partial charge in [-0.05, 0) is 31.1 Å². The second-order valence-corrected chi connectivity index (χ2v) is 5.27. The minimum absolute atomic E-state index is 0.107. The molecule has 0 spiro atoms. The van der Waals surface area contributed by atoms with Gasteiger partial charge < -0.3 is 10.5 Å². The molecule has 1 saturated carbocycles. The lowest BCUT2D eigenvalue weighted by molar-refractivity contribution is -0.154. The molecular weight excluding hydrogens is 202 g/mol. The van der Waals surface area contributed by atoms with E-state index in [9.17, 15) is 4.79 Å². The largest absolute Gasteiger partial charge is 0.461 e. The fourth-order valence-electron chi connectivity index (χ4n) is 2.23. The van der Waals surface area contributed by atoms with Crippen molar-refractivity contribution in [1.82, 2.24) is 0 Å². The number of carbonyl (C=O) groups excluding carboxylic acids is 1. The van der Waals surface area contributed by atoms with Crippen LogP contribution in [0, 0.1) is 11.8 Å². The molecule has 2 N–H and O–H groups in total.